The van der Waals surface area contributed by atoms with Gasteiger partial charge in [0.05, 0.1) is 5.41 Å². The van der Waals surface area contributed by atoms with E-state index in [-0.39, 0.29) is 5.41 Å². The van der Waals surface area contributed by atoms with Gasteiger partial charge in [-0.05, 0) is 27.7 Å². The Morgan fingerprint density at radius 3 is 1.83 bits per heavy atom. The van der Waals surface area contributed by atoms with Crippen LogP contribution in [0, 0.1) is 0 Å². The fourth-order valence-electron chi connectivity index (χ4n) is 3.62. The molecule has 0 spiro atoms. The van der Waals surface area contributed by atoms with Gasteiger partial charge in [0.15, 0.2) is 0 Å². The van der Waals surface area contributed by atoms with Crippen molar-refractivity contribution in [3.8, 4) is 0 Å². The number of rotatable bonds is 3. The molecule has 0 heterocycles. The molecule has 116 valence electrons. The fraction of sp³-hybridized carbons (Fsp3) is 0.0476. The Hall–Kier alpha value is -2.62. The van der Waals surface area contributed by atoms with Crippen LogP contribution in [0.1, 0.15) is 22.3 Å². The van der Waals surface area contributed by atoms with Crippen molar-refractivity contribution in [2.24, 2.45) is 0 Å². The van der Waals surface area contributed by atoms with Crippen LogP contribution in [0.5, 0.6) is 0 Å². The molecular formula is C21H17BO2. The van der Waals surface area contributed by atoms with Crippen LogP contribution >= 0.6 is 0 Å². The standard InChI is InChI=1S/C21H17BO2/c23-22(24)19-11-12-20-16(15-19)13-14-21(20,17-7-3-1-4-8-17)18-9-5-2-6-10-18/h1-15,23-24H. The van der Waals surface area contributed by atoms with E-state index in [1.807, 2.05) is 24.3 Å². The van der Waals surface area contributed by atoms with Crippen LogP contribution in [0.3, 0.4) is 0 Å². The predicted molar refractivity (Wildman–Crippen MR) is 98.1 cm³/mol. The van der Waals surface area contributed by atoms with Crippen LogP contribution < -0.4 is 5.46 Å². The van der Waals surface area contributed by atoms with Crippen molar-refractivity contribution in [1.82, 2.24) is 0 Å². The molecule has 2 N–H and O–H groups in total. The minimum absolute atomic E-state index is 0.350. The summed E-state index contributed by atoms with van der Waals surface area (Å²) in [7, 11) is -1.45. The average Bonchev–Trinajstić information content (AvgIpc) is 3.03. The lowest BCUT2D eigenvalue weighted by atomic mass is 9.70. The molecule has 0 bridgehead atoms. The third-order valence-corrected chi connectivity index (χ3v) is 4.77. The Bertz CT molecular complexity index is 847. The molecule has 0 saturated heterocycles. The molecule has 0 unspecified atom stereocenters. The van der Waals surface area contributed by atoms with E-state index in [4.69, 9.17) is 0 Å². The maximum Gasteiger partial charge on any atom is 0.488 e. The number of fused-ring (bicyclic) bond motifs is 1. The van der Waals surface area contributed by atoms with E-state index in [1.165, 1.54) is 11.1 Å². The lowest BCUT2D eigenvalue weighted by Crippen LogP contribution is -2.31. The summed E-state index contributed by atoms with van der Waals surface area (Å²) in [5.74, 6) is 0. The summed E-state index contributed by atoms with van der Waals surface area (Å²) >= 11 is 0. The van der Waals surface area contributed by atoms with E-state index in [1.54, 1.807) is 6.07 Å². The zero-order valence-corrected chi connectivity index (χ0v) is 13.1. The summed E-state index contributed by atoms with van der Waals surface area (Å²) in [6.07, 6.45) is 4.27. The Labute approximate surface area is 141 Å². The molecule has 0 amide bonds. The molecule has 3 aromatic carbocycles. The summed E-state index contributed by atoms with van der Waals surface area (Å²) in [4.78, 5) is 0. The highest BCUT2D eigenvalue weighted by molar-refractivity contribution is 6.58. The number of allylic oxidation sites excluding steroid dienone is 1. The van der Waals surface area contributed by atoms with Gasteiger partial charge >= 0.3 is 7.12 Å². The fourth-order valence-corrected chi connectivity index (χ4v) is 3.62. The molecule has 0 saturated carbocycles. The van der Waals surface area contributed by atoms with Gasteiger partial charge in [-0.2, -0.15) is 0 Å². The van der Waals surface area contributed by atoms with Gasteiger partial charge in [0.1, 0.15) is 0 Å². The van der Waals surface area contributed by atoms with E-state index < -0.39 is 7.12 Å². The van der Waals surface area contributed by atoms with Crippen LogP contribution in [0.2, 0.25) is 0 Å². The molecule has 24 heavy (non-hydrogen) atoms. The second kappa shape index (κ2) is 5.79. The maximum absolute atomic E-state index is 9.45. The van der Waals surface area contributed by atoms with E-state index in [0.717, 1.165) is 11.1 Å². The highest BCUT2D eigenvalue weighted by atomic mass is 16.4. The van der Waals surface area contributed by atoms with Crippen molar-refractivity contribution in [3.63, 3.8) is 0 Å². The SMILES string of the molecule is OB(O)c1ccc2c(c1)C=CC2(c1ccccc1)c1ccccc1. The van der Waals surface area contributed by atoms with E-state index in [2.05, 4.69) is 60.7 Å². The molecule has 2 nitrogen and oxygen atoms in total. The van der Waals surface area contributed by atoms with Gasteiger partial charge in [0.25, 0.3) is 0 Å². The molecule has 4 rings (SSSR count). The monoisotopic (exact) mass is 312 g/mol. The van der Waals surface area contributed by atoms with Crippen LogP contribution in [0.4, 0.5) is 0 Å². The van der Waals surface area contributed by atoms with Gasteiger partial charge in [0.2, 0.25) is 0 Å². The van der Waals surface area contributed by atoms with Gasteiger partial charge in [-0.1, -0.05) is 91.0 Å². The van der Waals surface area contributed by atoms with E-state index in [9.17, 15) is 10.0 Å². The van der Waals surface area contributed by atoms with Gasteiger partial charge in [-0.25, -0.2) is 0 Å². The van der Waals surface area contributed by atoms with Gasteiger partial charge in [-0.15, -0.1) is 0 Å². The van der Waals surface area contributed by atoms with Crippen LogP contribution in [0.15, 0.2) is 84.9 Å². The summed E-state index contributed by atoms with van der Waals surface area (Å²) in [6, 6.07) is 26.5. The van der Waals surface area contributed by atoms with Crippen molar-refractivity contribution in [1.29, 1.82) is 0 Å². The number of benzene rings is 3. The Balaban J connectivity index is 1.98. The van der Waals surface area contributed by atoms with Crippen LogP contribution in [-0.4, -0.2) is 17.2 Å². The van der Waals surface area contributed by atoms with Crippen molar-refractivity contribution in [2.45, 2.75) is 5.41 Å². The first-order valence-corrected chi connectivity index (χ1v) is 8.03. The third kappa shape index (κ3) is 2.22. The average molecular weight is 312 g/mol. The molecule has 3 heteroatoms. The first-order valence-electron chi connectivity index (χ1n) is 8.03. The highest BCUT2D eigenvalue weighted by Crippen LogP contribution is 2.46. The summed E-state index contributed by atoms with van der Waals surface area (Å²) < 4.78 is 0. The summed E-state index contributed by atoms with van der Waals surface area (Å²) in [5.41, 5.74) is 4.73. The molecule has 0 aliphatic heterocycles. The van der Waals surface area contributed by atoms with Crippen molar-refractivity contribution < 1.29 is 10.0 Å². The number of hydrogen-bond donors (Lipinski definition) is 2. The Kier molecular flexibility index (Phi) is 3.60. The zero-order chi connectivity index (χ0) is 16.6. The quantitative estimate of drug-likeness (QED) is 0.730. The predicted octanol–water partition coefficient (Wildman–Crippen LogP) is 2.73. The Morgan fingerprint density at radius 1 is 0.708 bits per heavy atom. The molecule has 0 aromatic heterocycles. The van der Waals surface area contributed by atoms with Gasteiger partial charge in [0, 0.05) is 0 Å². The smallest absolute Gasteiger partial charge is 0.423 e. The molecule has 1 aliphatic rings. The topological polar surface area (TPSA) is 40.5 Å². The largest absolute Gasteiger partial charge is 0.488 e. The highest BCUT2D eigenvalue weighted by Gasteiger charge is 2.38. The number of hydrogen-bond acceptors (Lipinski definition) is 2. The van der Waals surface area contributed by atoms with Crippen molar-refractivity contribution in [2.75, 3.05) is 0 Å². The van der Waals surface area contributed by atoms with Gasteiger partial charge in [-0.3, -0.25) is 0 Å². The summed E-state index contributed by atoms with van der Waals surface area (Å²) in [6.45, 7) is 0. The lowest BCUT2D eigenvalue weighted by molar-refractivity contribution is 0.426. The van der Waals surface area contributed by atoms with E-state index in [0.29, 0.717) is 5.46 Å². The minimum Gasteiger partial charge on any atom is -0.423 e. The second-order valence-corrected chi connectivity index (χ2v) is 6.09. The second-order valence-electron chi connectivity index (χ2n) is 6.09. The normalized spacial score (nSPS) is 14.4. The van der Waals surface area contributed by atoms with Crippen LogP contribution in [0.25, 0.3) is 6.08 Å². The molecule has 0 radical (unpaired) electrons. The first-order chi connectivity index (χ1) is 11.7. The molecule has 3 aromatic rings. The van der Waals surface area contributed by atoms with Gasteiger partial charge < -0.3 is 10.0 Å². The molecular weight excluding hydrogens is 295 g/mol. The third-order valence-electron chi connectivity index (χ3n) is 4.77. The van der Waals surface area contributed by atoms with E-state index >= 15 is 0 Å². The van der Waals surface area contributed by atoms with Crippen molar-refractivity contribution >= 4 is 18.7 Å². The Morgan fingerprint density at radius 2 is 1.29 bits per heavy atom. The minimum atomic E-state index is -1.45. The maximum atomic E-state index is 9.45. The lowest BCUT2D eigenvalue weighted by Gasteiger charge is -2.31. The molecule has 1 aliphatic carbocycles. The van der Waals surface area contributed by atoms with Crippen molar-refractivity contribution in [3.05, 3.63) is 107 Å². The molecule has 0 fully saturated rings. The first kappa shape index (κ1) is 14.9. The zero-order valence-electron chi connectivity index (χ0n) is 13.1. The molecule has 0 atom stereocenters. The van der Waals surface area contributed by atoms with Crippen LogP contribution in [-0.2, 0) is 5.41 Å². The summed E-state index contributed by atoms with van der Waals surface area (Å²) in [5, 5.41) is 18.9.